The molecule has 0 spiro atoms. The zero-order chi connectivity index (χ0) is 21.8. The van der Waals surface area contributed by atoms with Gasteiger partial charge in [0.2, 0.25) is 0 Å². The molecule has 0 aliphatic rings. The van der Waals surface area contributed by atoms with Crippen molar-refractivity contribution < 1.29 is 19.1 Å². The molecule has 0 heterocycles. The molecule has 30 heavy (non-hydrogen) atoms. The van der Waals surface area contributed by atoms with Gasteiger partial charge in [-0.05, 0) is 42.9 Å². The van der Waals surface area contributed by atoms with E-state index in [1.54, 1.807) is 55.6 Å². The molecule has 0 aromatic heterocycles. The minimum atomic E-state index is -0.412. The van der Waals surface area contributed by atoms with E-state index in [2.05, 4.69) is 22.9 Å². The molecule has 0 aliphatic carbocycles. The second-order valence-corrected chi connectivity index (χ2v) is 6.81. The summed E-state index contributed by atoms with van der Waals surface area (Å²) in [6.45, 7) is 3.39. The van der Waals surface area contributed by atoms with E-state index in [9.17, 15) is 9.59 Å². The Bertz CT molecular complexity index is 873. The Morgan fingerprint density at radius 1 is 0.967 bits per heavy atom. The maximum Gasteiger partial charge on any atom is 0.261 e. The summed E-state index contributed by atoms with van der Waals surface area (Å²) < 4.78 is 10.6. The van der Waals surface area contributed by atoms with E-state index in [0.717, 1.165) is 12.8 Å². The van der Waals surface area contributed by atoms with Crippen molar-refractivity contribution in [3.63, 3.8) is 0 Å². The molecule has 0 radical (unpaired) electrons. The molecule has 0 aliphatic heterocycles. The number of methoxy groups -OCH3 is 1. The lowest BCUT2D eigenvalue weighted by molar-refractivity contribution is 0.0951. The molecule has 0 atom stereocenters. The van der Waals surface area contributed by atoms with Gasteiger partial charge >= 0.3 is 0 Å². The van der Waals surface area contributed by atoms with Gasteiger partial charge in [-0.25, -0.2) is 0 Å². The van der Waals surface area contributed by atoms with Gasteiger partial charge in [-0.15, -0.1) is 0 Å². The molecule has 2 rings (SSSR count). The molecule has 160 valence electrons. The predicted molar refractivity (Wildman–Crippen MR) is 121 cm³/mol. The number of carbonyl (C=O) groups is 2. The van der Waals surface area contributed by atoms with Crippen molar-refractivity contribution in [2.24, 2.45) is 0 Å². The molecular weight excluding hydrogens is 402 g/mol. The van der Waals surface area contributed by atoms with Gasteiger partial charge in [0, 0.05) is 13.7 Å². The maximum atomic E-state index is 12.7. The smallest absolute Gasteiger partial charge is 0.261 e. The van der Waals surface area contributed by atoms with Crippen LogP contribution in [0.2, 0.25) is 0 Å². The van der Waals surface area contributed by atoms with E-state index in [-0.39, 0.29) is 11.0 Å². The largest absolute Gasteiger partial charge is 0.490 e. The number of benzene rings is 2. The monoisotopic (exact) mass is 429 g/mol. The van der Waals surface area contributed by atoms with Crippen molar-refractivity contribution in [2.75, 3.05) is 32.2 Å². The highest BCUT2D eigenvalue weighted by Crippen LogP contribution is 2.18. The van der Waals surface area contributed by atoms with Crippen molar-refractivity contribution in [2.45, 2.75) is 19.8 Å². The van der Waals surface area contributed by atoms with Gasteiger partial charge in [0.15, 0.2) is 5.11 Å². The Morgan fingerprint density at radius 2 is 1.67 bits per heavy atom. The Hall–Kier alpha value is -2.97. The zero-order valence-corrected chi connectivity index (χ0v) is 18.0. The molecular formula is C22H27N3O4S. The van der Waals surface area contributed by atoms with Gasteiger partial charge < -0.3 is 20.1 Å². The summed E-state index contributed by atoms with van der Waals surface area (Å²) in [4.78, 5) is 25.1. The van der Waals surface area contributed by atoms with Crippen LogP contribution in [0.4, 0.5) is 5.69 Å². The predicted octanol–water partition coefficient (Wildman–Crippen LogP) is 3.37. The highest BCUT2D eigenvalue weighted by Gasteiger charge is 2.16. The number of hydrogen-bond donors (Lipinski definition) is 3. The highest BCUT2D eigenvalue weighted by atomic mass is 32.1. The van der Waals surface area contributed by atoms with Gasteiger partial charge in [0.1, 0.15) is 12.4 Å². The first-order valence-electron chi connectivity index (χ1n) is 9.77. The quantitative estimate of drug-likeness (QED) is 0.396. The Kier molecular flexibility index (Phi) is 9.76. The summed E-state index contributed by atoms with van der Waals surface area (Å²) in [6, 6.07) is 13.9. The number of rotatable bonds is 10. The molecule has 0 saturated carbocycles. The summed E-state index contributed by atoms with van der Waals surface area (Å²) in [6.07, 6.45) is 1.90. The minimum absolute atomic E-state index is 0.0838. The summed E-state index contributed by atoms with van der Waals surface area (Å²) in [5.41, 5.74) is 1.32. The number of para-hydroxylation sites is 2. The van der Waals surface area contributed by atoms with E-state index < -0.39 is 5.91 Å². The van der Waals surface area contributed by atoms with Crippen LogP contribution >= 0.6 is 12.2 Å². The summed E-state index contributed by atoms with van der Waals surface area (Å²) in [5, 5.41) is 8.52. The van der Waals surface area contributed by atoms with Crippen LogP contribution in [0.3, 0.4) is 0 Å². The van der Waals surface area contributed by atoms with Crippen molar-refractivity contribution in [3.05, 3.63) is 59.7 Å². The number of anilines is 1. The molecule has 2 aromatic carbocycles. The number of unbranched alkanes of at least 4 members (excludes halogenated alkanes) is 1. The maximum absolute atomic E-state index is 12.7. The average Bonchev–Trinajstić information content (AvgIpc) is 2.74. The Morgan fingerprint density at radius 3 is 2.40 bits per heavy atom. The molecule has 0 fully saturated rings. The Labute approximate surface area is 182 Å². The summed E-state index contributed by atoms with van der Waals surface area (Å²) in [5.74, 6) is -0.173. The fraction of sp³-hybridized carbons (Fsp3) is 0.318. The third kappa shape index (κ3) is 7.13. The molecule has 7 nitrogen and oxygen atoms in total. The second kappa shape index (κ2) is 12.6. The highest BCUT2D eigenvalue weighted by molar-refractivity contribution is 7.80. The third-order valence-electron chi connectivity index (χ3n) is 4.14. The molecule has 0 saturated heterocycles. The molecule has 2 amide bonds. The fourth-order valence-electron chi connectivity index (χ4n) is 2.60. The van der Waals surface area contributed by atoms with Crippen LogP contribution in [0.15, 0.2) is 48.5 Å². The first kappa shape index (κ1) is 23.3. The van der Waals surface area contributed by atoms with E-state index >= 15 is 0 Å². The van der Waals surface area contributed by atoms with Crippen molar-refractivity contribution in [3.8, 4) is 5.75 Å². The average molecular weight is 430 g/mol. The minimum Gasteiger partial charge on any atom is -0.490 e. The standard InChI is InChI=1S/C22H27N3O4S/c1-3-4-13-23-20(26)16-9-5-7-11-18(16)24-22(30)25-21(27)17-10-6-8-12-19(17)29-15-14-28-2/h5-12H,3-4,13-15H2,1-2H3,(H,23,26)(H2,24,25,27,30). The van der Waals surface area contributed by atoms with Crippen molar-refractivity contribution >= 4 is 34.8 Å². The van der Waals surface area contributed by atoms with E-state index in [1.165, 1.54) is 0 Å². The second-order valence-electron chi connectivity index (χ2n) is 6.40. The topological polar surface area (TPSA) is 88.7 Å². The van der Waals surface area contributed by atoms with Crippen LogP contribution < -0.4 is 20.7 Å². The Balaban J connectivity index is 2.03. The molecule has 0 bridgehead atoms. The van der Waals surface area contributed by atoms with Crippen LogP contribution in [-0.4, -0.2) is 43.8 Å². The van der Waals surface area contributed by atoms with Gasteiger partial charge in [-0.1, -0.05) is 37.6 Å². The lowest BCUT2D eigenvalue weighted by atomic mass is 10.1. The van der Waals surface area contributed by atoms with Gasteiger partial charge in [0.25, 0.3) is 11.8 Å². The van der Waals surface area contributed by atoms with Crippen molar-refractivity contribution in [1.82, 2.24) is 10.6 Å². The lowest BCUT2D eigenvalue weighted by Crippen LogP contribution is -2.35. The molecule has 3 N–H and O–H groups in total. The SMILES string of the molecule is CCCCNC(=O)c1ccccc1NC(=S)NC(=O)c1ccccc1OCCOC. The van der Waals surface area contributed by atoms with Crippen LogP contribution in [0, 0.1) is 0 Å². The number of hydrogen-bond acceptors (Lipinski definition) is 5. The number of ether oxygens (including phenoxy) is 2. The third-order valence-corrected chi connectivity index (χ3v) is 4.34. The van der Waals surface area contributed by atoms with E-state index in [1.807, 2.05) is 0 Å². The van der Waals surface area contributed by atoms with Gasteiger partial charge in [0.05, 0.1) is 23.4 Å². The van der Waals surface area contributed by atoms with Crippen molar-refractivity contribution in [1.29, 1.82) is 0 Å². The fourth-order valence-corrected chi connectivity index (χ4v) is 2.81. The van der Waals surface area contributed by atoms with E-state index in [0.29, 0.717) is 42.3 Å². The van der Waals surface area contributed by atoms with Crippen LogP contribution in [0.1, 0.15) is 40.5 Å². The zero-order valence-electron chi connectivity index (χ0n) is 17.2. The van der Waals surface area contributed by atoms with Crippen LogP contribution in [-0.2, 0) is 4.74 Å². The molecule has 2 aromatic rings. The van der Waals surface area contributed by atoms with Crippen LogP contribution in [0.5, 0.6) is 5.75 Å². The number of carbonyl (C=O) groups excluding carboxylic acids is 2. The number of nitrogens with one attached hydrogen (secondary N) is 3. The lowest BCUT2D eigenvalue weighted by Gasteiger charge is -2.15. The van der Waals surface area contributed by atoms with Gasteiger partial charge in [-0.3, -0.25) is 14.9 Å². The first-order chi connectivity index (χ1) is 14.6. The van der Waals surface area contributed by atoms with Crippen LogP contribution in [0.25, 0.3) is 0 Å². The first-order valence-corrected chi connectivity index (χ1v) is 10.2. The van der Waals surface area contributed by atoms with Gasteiger partial charge in [-0.2, -0.15) is 0 Å². The normalized spacial score (nSPS) is 10.2. The number of thiocarbonyl (C=S) groups is 1. The molecule has 0 unspecified atom stereocenters. The number of amides is 2. The summed E-state index contributed by atoms with van der Waals surface area (Å²) >= 11 is 5.28. The molecule has 8 heteroatoms. The van der Waals surface area contributed by atoms with E-state index in [4.69, 9.17) is 21.7 Å². The summed E-state index contributed by atoms with van der Waals surface area (Å²) in [7, 11) is 1.58.